The van der Waals surface area contributed by atoms with Crippen LogP contribution in [0, 0.1) is 11.6 Å². The molecule has 5 nitrogen and oxygen atoms in total. The quantitative estimate of drug-likeness (QED) is 0.580. The van der Waals surface area contributed by atoms with Crippen LogP contribution >= 0.6 is 11.8 Å². The Morgan fingerprint density at radius 3 is 2.37 bits per heavy atom. The number of carbonyl (C=O) groups excluding carboxylic acids is 1. The smallest absolute Gasteiger partial charge is 0.234 e. The van der Waals surface area contributed by atoms with E-state index in [0.29, 0.717) is 0 Å². The van der Waals surface area contributed by atoms with Gasteiger partial charge in [0.05, 0.1) is 17.2 Å². The van der Waals surface area contributed by atoms with E-state index in [1.165, 1.54) is 23.4 Å². The van der Waals surface area contributed by atoms with Crippen LogP contribution in [0.1, 0.15) is 51.7 Å². The summed E-state index contributed by atoms with van der Waals surface area (Å²) in [5.74, 6) is -1.82. The molecular weight excluding hydrogens is 466 g/mol. The van der Waals surface area contributed by atoms with E-state index in [4.69, 9.17) is 9.98 Å². The Bertz CT molecular complexity index is 1150. The molecule has 0 aromatic heterocycles. The monoisotopic (exact) mass is 498 g/mol. The number of hydrogen-bond donors (Lipinski definition) is 1. The molecule has 1 N–H and O–H groups in total. The zero-order valence-corrected chi connectivity index (χ0v) is 21.5. The fourth-order valence-electron chi connectivity index (χ4n) is 4.30. The van der Waals surface area contributed by atoms with Crippen LogP contribution in [0.4, 0.5) is 14.5 Å². The lowest BCUT2D eigenvalue weighted by Crippen LogP contribution is -2.41. The van der Waals surface area contributed by atoms with E-state index in [1.807, 2.05) is 0 Å². The summed E-state index contributed by atoms with van der Waals surface area (Å²) < 4.78 is 27.1. The number of carbonyl (C=O) groups is 1. The highest BCUT2D eigenvalue weighted by atomic mass is 32.2. The number of nitrogens with one attached hydrogen (secondary N) is 1. The topological polar surface area (TPSA) is 57.1 Å². The number of nitrogens with zero attached hydrogens (tertiary/aromatic N) is 3. The van der Waals surface area contributed by atoms with E-state index < -0.39 is 17.3 Å². The molecule has 0 bridgehead atoms. The fraction of sp³-hybridized carbons (Fsp3) is 0.444. The van der Waals surface area contributed by atoms with Gasteiger partial charge in [-0.15, -0.1) is 0 Å². The minimum Gasteiger partial charge on any atom is -0.323 e. The average Bonchev–Trinajstić information content (AvgIpc) is 3.17. The van der Waals surface area contributed by atoms with Crippen molar-refractivity contribution in [3.05, 3.63) is 65.2 Å². The van der Waals surface area contributed by atoms with Gasteiger partial charge in [-0.1, -0.05) is 63.7 Å². The van der Waals surface area contributed by atoms with Crippen molar-refractivity contribution in [2.24, 2.45) is 9.98 Å². The zero-order chi connectivity index (χ0) is 25.2. The number of rotatable bonds is 5. The minimum absolute atomic E-state index is 0.0413. The number of thioether (sulfide) groups is 1. The van der Waals surface area contributed by atoms with Gasteiger partial charge in [0, 0.05) is 37.6 Å². The maximum Gasteiger partial charge on any atom is 0.234 e. The number of anilines is 1. The lowest BCUT2D eigenvalue weighted by atomic mass is 9.86. The summed E-state index contributed by atoms with van der Waals surface area (Å²) in [6.07, 6.45) is 1.67. The van der Waals surface area contributed by atoms with Crippen molar-refractivity contribution >= 4 is 34.1 Å². The van der Waals surface area contributed by atoms with E-state index in [0.717, 1.165) is 60.9 Å². The van der Waals surface area contributed by atoms with Crippen molar-refractivity contribution in [2.75, 3.05) is 30.7 Å². The summed E-state index contributed by atoms with van der Waals surface area (Å²) >= 11 is 1.30. The summed E-state index contributed by atoms with van der Waals surface area (Å²) in [6, 6.07) is 11.5. The molecule has 0 unspecified atom stereocenters. The van der Waals surface area contributed by atoms with Gasteiger partial charge in [-0.05, 0) is 29.7 Å². The standard InChI is InChI=1S/C27H32F2N4OS/c1-5-33-14-12-27(13-15-33)31-24(18-6-8-19(9-7-18)26(2,3)4)25(32-27)35-17-23(34)30-22-11-10-20(28)16-21(22)29/h6-11,16H,5,12-15,17H2,1-4H3,(H,30,34). The fourth-order valence-corrected chi connectivity index (χ4v) is 5.18. The SMILES string of the molecule is CCN1CCC2(CC1)N=C(SCC(=O)Nc1ccc(F)cc1F)C(c1ccc(C(C)(C)C)cc1)=N2. The first kappa shape index (κ1) is 25.5. The number of halogens is 2. The van der Waals surface area contributed by atoms with Gasteiger partial charge in [0.15, 0.2) is 5.66 Å². The summed E-state index contributed by atoms with van der Waals surface area (Å²) in [5, 5.41) is 3.25. The number of likely N-dealkylation sites (tertiary alicyclic amines) is 1. The highest BCUT2D eigenvalue weighted by Gasteiger charge is 2.39. The summed E-state index contributed by atoms with van der Waals surface area (Å²) in [7, 11) is 0. The van der Waals surface area contributed by atoms with Crippen molar-refractivity contribution < 1.29 is 13.6 Å². The van der Waals surface area contributed by atoms with Crippen LogP contribution in [-0.4, -0.2) is 52.6 Å². The summed E-state index contributed by atoms with van der Waals surface area (Å²) in [5.41, 5.74) is 2.53. The molecule has 2 aliphatic rings. The molecule has 2 heterocycles. The van der Waals surface area contributed by atoms with Gasteiger partial charge in [0.1, 0.15) is 16.7 Å². The number of piperidine rings is 1. The Kier molecular flexibility index (Phi) is 7.43. The van der Waals surface area contributed by atoms with Crippen molar-refractivity contribution in [1.29, 1.82) is 0 Å². The first-order valence-electron chi connectivity index (χ1n) is 12.0. The van der Waals surface area contributed by atoms with E-state index in [2.05, 4.69) is 62.2 Å². The van der Waals surface area contributed by atoms with Crippen LogP contribution in [0.5, 0.6) is 0 Å². The van der Waals surface area contributed by atoms with Crippen LogP contribution in [0.3, 0.4) is 0 Å². The molecule has 8 heteroatoms. The molecule has 0 saturated carbocycles. The third-order valence-corrected chi connectivity index (χ3v) is 7.47. The predicted molar refractivity (Wildman–Crippen MR) is 141 cm³/mol. The first-order chi connectivity index (χ1) is 16.6. The number of aliphatic imine (C=N–C) groups is 2. The molecule has 0 radical (unpaired) electrons. The predicted octanol–water partition coefficient (Wildman–Crippen LogP) is 5.65. The molecule has 186 valence electrons. The number of amides is 1. The Morgan fingerprint density at radius 1 is 1.09 bits per heavy atom. The van der Waals surface area contributed by atoms with Crippen molar-refractivity contribution in [3.63, 3.8) is 0 Å². The average molecular weight is 499 g/mol. The molecule has 35 heavy (non-hydrogen) atoms. The highest BCUT2D eigenvalue weighted by Crippen LogP contribution is 2.36. The lowest BCUT2D eigenvalue weighted by Gasteiger charge is -2.34. The van der Waals surface area contributed by atoms with Crippen LogP contribution in [0.25, 0.3) is 0 Å². The molecule has 4 rings (SSSR count). The van der Waals surface area contributed by atoms with Gasteiger partial charge < -0.3 is 10.2 Å². The molecule has 0 aliphatic carbocycles. The van der Waals surface area contributed by atoms with Crippen LogP contribution in [0.15, 0.2) is 52.4 Å². The Labute approximate surface area is 210 Å². The van der Waals surface area contributed by atoms with Gasteiger partial charge in [-0.3, -0.25) is 9.79 Å². The van der Waals surface area contributed by atoms with Crippen LogP contribution in [0.2, 0.25) is 0 Å². The molecule has 2 aromatic carbocycles. The van der Waals surface area contributed by atoms with Crippen LogP contribution < -0.4 is 5.32 Å². The molecule has 0 atom stereocenters. The number of hydrogen-bond acceptors (Lipinski definition) is 5. The van der Waals surface area contributed by atoms with Gasteiger partial charge in [-0.25, -0.2) is 13.8 Å². The molecular formula is C27H32F2N4OS. The van der Waals surface area contributed by atoms with Crippen molar-refractivity contribution in [3.8, 4) is 0 Å². The third kappa shape index (κ3) is 5.98. The van der Waals surface area contributed by atoms with Gasteiger partial charge in [-0.2, -0.15) is 0 Å². The second-order valence-electron chi connectivity index (χ2n) is 10.1. The molecule has 2 aromatic rings. The largest absolute Gasteiger partial charge is 0.323 e. The van der Waals surface area contributed by atoms with E-state index in [-0.39, 0.29) is 22.8 Å². The maximum atomic E-state index is 13.9. The Morgan fingerprint density at radius 2 is 1.77 bits per heavy atom. The summed E-state index contributed by atoms with van der Waals surface area (Å²) in [4.78, 5) is 25.1. The second kappa shape index (κ2) is 10.2. The Hall–Kier alpha value is -2.58. The molecule has 2 aliphatic heterocycles. The number of benzene rings is 2. The Balaban J connectivity index is 1.53. The van der Waals surface area contributed by atoms with Gasteiger partial charge >= 0.3 is 0 Å². The van der Waals surface area contributed by atoms with Gasteiger partial charge in [0.25, 0.3) is 0 Å². The van der Waals surface area contributed by atoms with E-state index >= 15 is 0 Å². The molecule has 1 saturated heterocycles. The maximum absolute atomic E-state index is 13.9. The van der Waals surface area contributed by atoms with Crippen LogP contribution in [-0.2, 0) is 10.2 Å². The lowest BCUT2D eigenvalue weighted by molar-refractivity contribution is -0.113. The van der Waals surface area contributed by atoms with Crippen molar-refractivity contribution in [2.45, 2.75) is 51.6 Å². The van der Waals surface area contributed by atoms with Crippen molar-refractivity contribution in [1.82, 2.24) is 4.90 Å². The summed E-state index contributed by atoms with van der Waals surface area (Å²) in [6.45, 7) is 11.6. The zero-order valence-electron chi connectivity index (χ0n) is 20.7. The highest BCUT2D eigenvalue weighted by molar-refractivity contribution is 8.16. The molecule has 1 fully saturated rings. The normalized spacial score (nSPS) is 17.9. The molecule has 1 amide bonds. The third-order valence-electron chi connectivity index (χ3n) is 6.51. The van der Waals surface area contributed by atoms with E-state index in [1.54, 1.807) is 0 Å². The van der Waals surface area contributed by atoms with E-state index in [9.17, 15) is 13.6 Å². The minimum atomic E-state index is -0.801. The first-order valence-corrected chi connectivity index (χ1v) is 13.0. The second-order valence-corrected chi connectivity index (χ2v) is 11.0. The van der Waals surface area contributed by atoms with Gasteiger partial charge in [0.2, 0.25) is 5.91 Å². The molecule has 1 spiro atoms.